The van der Waals surface area contributed by atoms with Crippen molar-refractivity contribution in [2.24, 2.45) is 5.73 Å². The van der Waals surface area contributed by atoms with Crippen LogP contribution in [0.5, 0.6) is 0 Å². The summed E-state index contributed by atoms with van der Waals surface area (Å²) in [6, 6.07) is 10.1. The number of nitrogens with one attached hydrogen (secondary N) is 1. The number of anilines is 1. The van der Waals surface area contributed by atoms with Crippen LogP contribution in [0, 0.1) is 6.92 Å². The molecule has 3 aromatic rings. The third kappa shape index (κ3) is 5.91. The molecule has 3 N–H and O–H groups in total. The van der Waals surface area contributed by atoms with Gasteiger partial charge >= 0.3 is 5.97 Å². The molecule has 0 bridgehead atoms. The van der Waals surface area contributed by atoms with Crippen LogP contribution in [0.1, 0.15) is 37.0 Å². The summed E-state index contributed by atoms with van der Waals surface area (Å²) in [6.45, 7) is 5.90. The second kappa shape index (κ2) is 11.6. The van der Waals surface area contributed by atoms with E-state index in [2.05, 4.69) is 34.2 Å². The molecule has 0 saturated heterocycles. The number of nitrogens with two attached hydrogens (primary N) is 1. The van der Waals surface area contributed by atoms with Crippen molar-refractivity contribution in [1.82, 2.24) is 14.8 Å². The number of carbonyl (C=O) groups excluding carboxylic acids is 3. The number of hydrogen-bond acceptors (Lipinski definition) is 8. The molecule has 0 saturated carbocycles. The standard InChI is InChI=1S/C23H25N5O4S2/c1-4-12-28-16(11-10-15-8-6-5-7-9-15)26-27-23(28)33-13-17(29)25-21-18(22(31)32-3)14(2)19(34-21)20(24)30/h4-9H,1,10-13H2,2-3H3,(H2,24,30)(H,25,29). The van der Waals surface area contributed by atoms with Crippen LogP contribution in [0.2, 0.25) is 0 Å². The zero-order chi connectivity index (χ0) is 24.7. The van der Waals surface area contributed by atoms with Gasteiger partial charge in [-0.25, -0.2) is 4.79 Å². The van der Waals surface area contributed by atoms with Gasteiger partial charge in [0.15, 0.2) is 5.16 Å². The number of allylic oxidation sites excluding steroid dienone is 1. The third-order valence-electron chi connectivity index (χ3n) is 4.93. The summed E-state index contributed by atoms with van der Waals surface area (Å²) < 4.78 is 6.71. The van der Waals surface area contributed by atoms with Crippen LogP contribution in [-0.2, 0) is 28.9 Å². The van der Waals surface area contributed by atoms with Gasteiger partial charge in [0.25, 0.3) is 5.91 Å². The lowest BCUT2D eigenvalue weighted by Crippen LogP contribution is -2.16. The van der Waals surface area contributed by atoms with Crippen molar-refractivity contribution >= 4 is 45.9 Å². The van der Waals surface area contributed by atoms with Crippen molar-refractivity contribution in [1.29, 1.82) is 0 Å². The van der Waals surface area contributed by atoms with Gasteiger partial charge in [-0.2, -0.15) is 0 Å². The monoisotopic (exact) mass is 499 g/mol. The highest BCUT2D eigenvalue weighted by atomic mass is 32.2. The first-order chi connectivity index (χ1) is 16.3. The third-order valence-corrected chi connectivity index (χ3v) is 7.12. The number of aromatic nitrogens is 3. The summed E-state index contributed by atoms with van der Waals surface area (Å²) in [5.41, 5.74) is 7.09. The SMILES string of the molecule is C=CCn1c(CCc2ccccc2)nnc1SCC(=O)Nc1sc(C(N)=O)c(C)c1C(=O)OC. The average molecular weight is 500 g/mol. The van der Waals surface area contributed by atoms with Gasteiger partial charge in [0.05, 0.1) is 23.3 Å². The molecule has 0 unspecified atom stereocenters. The quantitative estimate of drug-likeness (QED) is 0.235. The van der Waals surface area contributed by atoms with Crippen LogP contribution in [0.15, 0.2) is 48.1 Å². The number of methoxy groups -OCH3 is 1. The van der Waals surface area contributed by atoms with Gasteiger partial charge in [0, 0.05) is 13.0 Å². The second-order valence-corrected chi connectivity index (χ2v) is 9.20. The zero-order valence-electron chi connectivity index (χ0n) is 18.9. The lowest BCUT2D eigenvalue weighted by molar-refractivity contribution is -0.113. The number of primary amides is 1. The summed E-state index contributed by atoms with van der Waals surface area (Å²) in [5, 5.41) is 12.0. The van der Waals surface area contributed by atoms with Crippen molar-refractivity contribution in [2.45, 2.75) is 31.5 Å². The summed E-state index contributed by atoms with van der Waals surface area (Å²) in [7, 11) is 1.23. The zero-order valence-corrected chi connectivity index (χ0v) is 20.5. The molecule has 11 heteroatoms. The highest BCUT2D eigenvalue weighted by Crippen LogP contribution is 2.33. The first-order valence-electron chi connectivity index (χ1n) is 10.4. The number of ether oxygens (including phenoxy) is 1. The first-order valence-corrected chi connectivity index (χ1v) is 12.2. The number of carbonyl (C=O) groups is 3. The molecule has 34 heavy (non-hydrogen) atoms. The molecule has 2 aromatic heterocycles. The highest BCUT2D eigenvalue weighted by molar-refractivity contribution is 7.99. The Hall–Kier alpha value is -3.44. The molecule has 2 amide bonds. The van der Waals surface area contributed by atoms with E-state index in [1.54, 1.807) is 13.0 Å². The maximum atomic E-state index is 12.7. The van der Waals surface area contributed by atoms with E-state index in [0.717, 1.165) is 23.6 Å². The number of rotatable bonds is 11. The highest BCUT2D eigenvalue weighted by Gasteiger charge is 2.25. The first kappa shape index (κ1) is 25.2. The van der Waals surface area contributed by atoms with E-state index in [9.17, 15) is 14.4 Å². The van der Waals surface area contributed by atoms with E-state index in [4.69, 9.17) is 10.5 Å². The molecular weight excluding hydrogens is 474 g/mol. The van der Waals surface area contributed by atoms with Gasteiger partial charge < -0.3 is 20.4 Å². The van der Waals surface area contributed by atoms with E-state index < -0.39 is 11.9 Å². The number of aryl methyl sites for hydroxylation is 2. The number of amides is 2. The molecular formula is C23H25N5O4S2. The predicted octanol–water partition coefficient (Wildman–Crippen LogP) is 3.24. The van der Waals surface area contributed by atoms with Crippen LogP contribution >= 0.6 is 23.1 Å². The number of hydrogen-bond donors (Lipinski definition) is 2. The van der Waals surface area contributed by atoms with Crippen molar-refractivity contribution in [2.75, 3.05) is 18.2 Å². The fourth-order valence-corrected chi connectivity index (χ4v) is 5.13. The molecule has 0 aliphatic rings. The molecule has 0 spiro atoms. The van der Waals surface area contributed by atoms with Crippen molar-refractivity contribution < 1.29 is 19.1 Å². The minimum absolute atomic E-state index is 0.0252. The topological polar surface area (TPSA) is 129 Å². The lowest BCUT2D eigenvalue weighted by atomic mass is 10.1. The Morgan fingerprint density at radius 3 is 2.62 bits per heavy atom. The van der Waals surface area contributed by atoms with Gasteiger partial charge in [0.1, 0.15) is 10.8 Å². The van der Waals surface area contributed by atoms with Gasteiger partial charge in [-0.15, -0.1) is 28.1 Å². The van der Waals surface area contributed by atoms with Crippen LogP contribution < -0.4 is 11.1 Å². The maximum Gasteiger partial charge on any atom is 0.341 e. The van der Waals surface area contributed by atoms with E-state index in [1.165, 1.54) is 24.4 Å². The Labute approximate surface area is 205 Å². The molecule has 1 aromatic carbocycles. The van der Waals surface area contributed by atoms with Crippen LogP contribution in [0.25, 0.3) is 0 Å². The largest absolute Gasteiger partial charge is 0.465 e. The number of thioether (sulfide) groups is 1. The van der Waals surface area contributed by atoms with Gasteiger partial charge in [0.2, 0.25) is 5.91 Å². The van der Waals surface area contributed by atoms with Crippen LogP contribution in [0.4, 0.5) is 5.00 Å². The average Bonchev–Trinajstić information content (AvgIpc) is 3.36. The van der Waals surface area contributed by atoms with Crippen molar-refractivity contribution in [3.63, 3.8) is 0 Å². The van der Waals surface area contributed by atoms with Crippen LogP contribution in [0.3, 0.4) is 0 Å². The van der Waals surface area contributed by atoms with E-state index in [-0.39, 0.29) is 27.1 Å². The lowest BCUT2D eigenvalue weighted by Gasteiger charge is -2.08. The summed E-state index contributed by atoms with van der Waals surface area (Å²) >= 11 is 2.17. The predicted molar refractivity (Wildman–Crippen MR) is 132 cm³/mol. The minimum Gasteiger partial charge on any atom is -0.465 e. The smallest absolute Gasteiger partial charge is 0.341 e. The molecule has 178 valence electrons. The molecule has 0 atom stereocenters. The van der Waals surface area contributed by atoms with Gasteiger partial charge in [-0.05, 0) is 24.5 Å². The number of thiophene rings is 1. The molecule has 3 rings (SSSR count). The fourth-order valence-electron chi connectivity index (χ4n) is 3.30. The Morgan fingerprint density at radius 2 is 1.97 bits per heavy atom. The summed E-state index contributed by atoms with van der Waals surface area (Å²) in [5.74, 6) is -0.871. The van der Waals surface area contributed by atoms with E-state index in [1.807, 2.05) is 22.8 Å². The summed E-state index contributed by atoms with van der Waals surface area (Å²) in [4.78, 5) is 36.7. The molecule has 9 nitrogen and oxygen atoms in total. The Kier molecular flexibility index (Phi) is 8.61. The Morgan fingerprint density at radius 1 is 1.24 bits per heavy atom. The normalized spacial score (nSPS) is 10.6. The minimum atomic E-state index is -0.678. The Bertz CT molecular complexity index is 1200. The molecule has 2 heterocycles. The molecule has 0 fully saturated rings. The number of benzene rings is 1. The molecule has 0 aliphatic carbocycles. The Balaban J connectivity index is 1.70. The number of nitrogens with zero attached hydrogens (tertiary/aromatic N) is 3. The fraction of sp³-hybridized carbons (Fsp3) is 0.261. The molecule has 0 radical (unpaired) electrons. The van der Waals surface area contributed by atoms with E-state index >= 15 is 0 Å². The second-order valence-electron chi connectivity index (χ2n) is 7.24. The van der Waals surface area contributed by atoms with Gasteiger partial charge in [-0.1, -0.05) is 48.2 Å². The summed E-state index contributed by atoms with van der Waals surface area (Å²) in [6.07, 6.45) is 3.27. The maximum absolute atomic E-state index is 12.7. The van der Waals surface area contributed by atoms with Gasteiger partial charge in [-0.3, -0.25) is 9.59 Å². The molecule has 0 aliphatic heterocycles. The van der Waals surface area contributed by atoms with E-state index in [0.29, 0.717) is 23.7 Å². The van der Waals surface area contributed by atoms with Crippen LogP contribution in [-0.4, -0.2) is 45.4 Å². The number of esters is 1. The van der Waals surface area contributed by atoms with Crippen molar-refractivity contribution in [3.05, 3.63) is 70.4 Å². The van der Waals surface area contributed by atoms with Crippen molar-refractivity contribution in [3.8, 4) is 0 Å².